The Morgan fingerprint density at radius 2 is 2.20 bits per heavy atom. The van der Waals surface area contributed by atoms with Crippen LogP contribution in [0.15, 0.2) is 18.2 Å². The first kappa shape index (κ1) is 13.1. The molecule has 6 heteroatoms. The summed E-state index contributed by atoms with van der Waals surface area (Å²) in [5.74, 6) is -0.962. The molecule has 6 nitrogen and oxygen atoms in total. The van der Waals surface area contributed by atoms with Crippen molar-refractivity contribution < 1.29 is 14.6 Å². The summed E-state index contributed by atoms with van der Waals surface area (Å²) in [6.07, 6.45) is 5.07. The normalized spacial score (nSPS) is 16.0. The number of aromatic nitrogens is 3. The minimum atomic E-state index is -0.962. The number of hydrogen-bond acceptors (Lipinski definition) is 4. The van der Waals surface area contributed by atoms with E-state index in [0.29, 0.717) is 30.3 Å². The number of benzene rings is 1. The molecule has 0 bridgehead atoms. The summed E-state index contributed by atoms with van der Waals surface area (Å²) in [4.78, 5) is 11.2. The minimum absolute atomic E-state index is 0.230. The first-order chi connectivity index (χ1) is 9.75. The molecule has 2 aromatic rings. The molecule has 1 aromatic carbocycles. The van der Waals surface area contributed by atoms with Gasteiger partial charge in [-0.15, -0.1) is 5.10 Å². The van der Waals surface area contributed by atoms with E-state index in [0.717, 1.165) is 12.8 Å². The Hall–Kier alpha value is -1.95. The predicted octanol–water partition coefficient (Wildman–Crippen LogP) is 2.09. The Morgan fingerprint density at radius 3 is 2.95 bits per heavy atom. The summed E-state index contributed by atoms with van der Waals surface area (Å²) in [7, 11) is 0. The van der Waals surface area contributed by atoms with Crippen molar-refractivity contribution in [1.29, 1.82) is 0 Å². The van der Waals surface area contributed by atoms with E-state index in [2.05, 4.69) is 10.3 Å². The van der Waals surface area contributed by atoms with Gasteiger partial charge in [-0.05, 0) is 25.0 Å². The fourth-order valence-electron chi connectivity index (χ4n) is 2.72. The van der Waals surface area contributed by atoms with E-state index >= 15 is 0 Å². The van der Waals surface area contributed by atoms with Crippen LogP contribution >= 0.6 is 0 Å². The summed E-state index contributed by atoms with van der Waals surface area (Å²) in [5, 5.41) is 17.3. The van der Waals surface area contributed by atoms with Crippen LogP contribution in [0.25, 0.3) is 11.0 Å². The zero-order valence-electron chi connectivity index (χ0n) is 11.2. The molecule has 0 amide bonds. The molecule has 0 radical (unpaired) electrons. The molecular weight excluding hydrogens is 258 g/mol. The molecule has 1 heterocycles. The van der Waals surface area contributed by atoms with Gasteiger partial charge in [0.15, 0.2) is 0 Å². The zero-order valence-corrected chi connectivity index (χ0v) is 11.2. The van der Waals surface area contributed by atoms with Crippen molar-refractivity contribution in [2.45, 2.75) is 38.3 Å². The van der Waals surface area contributed by atoms with Gasteiger partial charge in [-0.3, -0.25) is 0 Å². The van der Waals surface area contributed by atoms with Crippen LogP contribution in [0.5, 0.6) is 0 Å². The van der Waals surface area contributed by atoms with Crippen LogP contribution in [0, 0.1) is 0 Å². The van der Waals surface area contributed by atoms with Crippen molar-refractivity contribution in [3.63, 3.8) is 0 Å². The molecule has 3 rings (SSSR count). The number of fused-ring (bicyclic) bond motifs is 1. The number of carboxylic acid groups (broad SMARTS) is 1. The highest BCUT2D eigenvalue weighted by molar-refractivity contribution is 6.00. The lowest BCUT2D eigenvalue weighted by molar-refractivity contribution is 0.0516. The van der Waals surface area contributed by atoms with Crippen molar-refractivity contribution in [3.05, 3.63) is 23.8 Å². The highest BCUT2D eigenvalue weighted by atomic mass is 16.5. The second-order valence-electron chi connectivity index (χ2n) is 5.07. The first-order valence-corrected chi connectivity index (χ1v) is 6.93. The highest BCUT2D eigenvalue weighted by Gasteiger charge is 2.17. The molecule has 0 spiro atoms. The molecule has 1 N–H and O–H groups in total. The second kappa shape index (κ2) is 5.58. The van der Waals surface area contributed by atoms with Gasteiger partial charge in [0.2, 0.25) is 0 Å². The van der Waals surface area contributed by atoms with Crippen LogP contribution in [0.3, 0.4) is 0 Å². The van der Waals surface area contributed by atoms with E-state index < -0.39 is 5.97 Å². The molecule has 1 saturated carbocycles. The van der Waals surface area contributed by atoms with Gasteiger partial charge in [0.05, 0.1) is 24.8 Å². The number of carbonyl (C=O) groups is 1. The third kappa shape index (κ3) is 2.51. The number of nitrogens with zero attached hydrogens (tertiary/aromatic N) is 3. The lowest BCUT2D eigenvalue weighted by atomic mass is 10.2. The monoisotopic (exact) mass is 275 g/mol. The number of para-hydroxylation sites is 1. The summed E-state index contributed by atoms with van der Waals surface area (Å²) in [6, 6.07) is 5.02. The van der Waals surface area contributed by atoms with Crippen LogP contribution in [0.4, 0.5) is 0 Å². The molecule has 0 unspecified atom stereocenters. The quantitative estimate of drug-likeness (QED) is 0.904. The highest BCUT2D eigenvalue weighted by Crippen LogP contribution is 2.21. The van der Waals surface area contributed by atoms with Crippen molar-refractivity contribution in [3.8, 4) is 0 Å². The average molecular weight is 275 g/mol. The molecule has 0 aliphatic heterocycles. The Balaban J connectivity index is 1.75. The van der Waals surface area contributed by atoms with Crippen LogP contribution in [-0.2, 0) is 11.3 Å². The molecule has 20 heavy (non-hydrogen) atoms. The van der Waals surface area contributed by atoms with Crippen molar-refractivity contribution in [1.82, 2.24) is 15.0 Å². The number of carboxylic acids is 1. The Kier molecular flexibility index (Phi) is 3.64. The van der Waals surface area contributed by atoms with Gasteiger partial charge >= 0.3 is 5.97 Å². The second-order valence-corrected chi connectivity index (χ2v) is 5.07. The summed E-state index contributed by atoms with van der Waals surface area (Å²) in [6.45, 7) is 1.06. The van der Waals surface area contributed by atoms with E-state index in [1.54, 1.807) is 22.9 Å². The van der Waals surface area contributed by atoms with E-state index in [-0.39, 0.29) is 5.56 Å². The molecule has 0 atom stereocenters. The molecule has 1 fully saturated rings. The Labute approximate surface area is 116 Å². The third-order valence-corrected chi connectivity index (χ3v) is 3.72. The smallest absolute Gasteiger partial charge is 0.337 e. The van der Waals surface area contributed by atoms with Gasteiger partial charge in [0.25, 0.3) is 0 Å². The van der Waals surface area contributed by atoms with Crippen LogP contribution in [-0.4, -0.2) is 38.8 Å². The zero-order chi connectivity index (χ0) is 13.9. The topological polar surface area (TPSA) is 77.2 Å². The Bertz CT molecular complexity index is 617. The number of aromatic carboxylic acids is 1. The maximum atomic E-state index is 11.2. The number of hydrogen-bond donors (Lipinski definition) is 1. The fourth-order valence-corrected chi connectivity index (χ4v) is 2.72. The number of rotatable bonds is 5. The summed E-state index contributed by atoms with van der Waals surface area (Å²) >= 11 is 0. The van der Waals surface area contributed by atoms with Crippen molar-refractivity contribution in [2.24, 2.45) is 0 Å². The van der Waals surface area contributed by atoms with E-state index in [1.165, 1.54) is 12.8 Å². The fraction of sp³-hybridized carbons (Fsp3) is 0.500. The first-order valence-electron chi connectivity index (χ1n) is 6.93. The van der Waals surface area contributed by atoms with Gasteiger partial charge in [-0.25, -0.2) is 9.48 Å². The summed E-state index contributed by atoms with van der Waals surface area (Å²) < 4.78 is 7.41. The van der Waals surface area contributed by atoms with Gasteiger partial charge in [0, 0.05) is 0 Å². The van der Waals surface area contributed by atoms with Crippen LogP contribution in [0.2, 0.25) is 0 Å². The molecular formula is C14H17N3O3. The predicted molar refractivity (Wildman–Crippen MR) is 72.7 cm³/mol. The molecule has 1 aromatic heterocycles. The largest absolute Gasteiger partial charge is 0.478 e. The van der Waals surface area contributed by atoms with E-state index in [9.17, 15) is 9.90 Å². The Morgan fingerprint density at radius 1 is 1.40 bits per heavy atom. The van der Waals surface area contributed by atoms with Crippen LogP contribution in [0.1, 0.15) is 36.0 Å². The van der Waals surface area contributed by atoms with Crippen LogP contribution < -0.4 is 0 Å². The maximum absolute atomic E-state index is 11.2. The molecule has 1 aliphatic rings. The molecule has 1 aliphatic carbocycles. The van der Waals surface area contributed by atoms with Gasteiger partial charge < -0.3 is 9.84 Å². The summed E-state index contributed by atoms with van der Waals surface area (Å²) in [5.41, 5.74) is 1.40. The maximum Gasteiger partial charge on any atom is 0.337 e. The lowest BCUT2D eigenvalue weighted by Crippen LogP contribution is -2.14. The minimum Gasteiger partial charge on any atom is -0.478 e. The van der Waals surface area contributed by atoms with Gasteiger partial charge in [0.1, 0.15) is 11.0 Å². The van der Waals surface area contributed by atoms with Gasteiger partial charge in [-0.2, -0.15) is 0 Å². The van der Waals surface area contributed by atoms with E-state index in [1.807, 2.05) is 0 Å². The van der Waals surface area contributed by atoms with Crippen molar-refractivity contribution in [2.75, 3.05) is 6.61 Å². The lowest BCUT2D eigenvalue weighted by Gasteiger charge is -2.11. The van der Waals surface area contributed by atoms with Gasteiger partial charge in [-0.1, -0.05) is 24.1 Å². The standard InChI is InChI=1S/C14H17N3O3/c18-14(19)11-6-3-7-12-13(11)17(16-15-12)8-9-20-10-4-1-2-5-10/h3,6-7,10H,1-2,4-5,8-9H2,(H,18,19). The van der Waals surface area contributed by atoms with E-state index in [4.69, 9.17) is 4.74 Å². The third-order valence-electron chi connectivity index (χ3n) is 3.72. The molecule has 0 saturated heterocycles. The average Bonchev–Trinajstić information content (AvgIpc) is 3.08. The SMILES string of the molecule is O=C(O)c1cccc2nnn(CCOC3CCCC3)c12. The molecule has 106 valence electrons. The number of ether oxygens (including phenoxy) is 1. The van der Waals surface area contributed by atoms with Crippen molar-refractivity contribution >= 4 is 17.0 Å².